The summed E-state index contributed by atoms with van der Waals surface area (Å²) in [6.07, 6.45) is 6.83. The minimum absolute atomic E-state index is 0.0555. The molecule has 2 atom stereocenters. The predicted molar refractivity (Wildman–Crippen MR) is 192 cm³/mol. The van der Waals surface area contributed by atoms with Crippen LogP contribution in [-0.2, 0) is 27.4 Å². The third-order valence-electron chi connectivity index (χ3n) is 9.15. The highest BCUT2D eigenvalue weighted by molar-refractivity contribution is 5.83. The van der Waals surface area contributed by atoms with Crippen LogP contribution in [-0.4, -0.2) is 67.4 Å². The maximum Gasteiger partial charge on any atom is 0.252 e. The molecule has 9 heteroatoms. The van der Waals surface area contributed by atoms with Crippen LogP contribution in [0.5, 0.6) is 0 Å². The largest absolute Gasteiger partial charge is 0.368 e. The Morgan fingerprint density at radius 2 is 1.27 bits per heavy atom. The lowest BCUT2D eigenvalue weighted by molar-refractivity contribution is -0.141. The number of nitrogens with one attached hydrogen (secondary N) is 2. The van der Waals surface area contributed by atoms with Gasteiger partial charge in [-0.2, -0.15) is 0 Å². The van der Waals surface area contributed by atoms with Gasteiger partial charge >= 0.3 is 0 Å². The summed E-state index contributed by atoms with van der Waals surface area (Å²) in [5, 5.41) is 0. The molecule has 2 aromatic heterocycles. The van der Waals surface area contributed by atoms with E-state index in [0.29, 0.717) is 32.8 Å². The molecule has 0 unspecified atom stereocenters. The van der Waals surface area contributed by atoms with Gasteiger partial charge in [0.15, 0.2) is 0 Å². The second-order valence-corrected chi connectivity index (χ2v) is 12.8. The molecular formula is C40H46N6O3. The van der Waals surface area contributed by atoms with Gasteiger partial charge in [-0.15, -0.1) is 0 Å². The van der Waals surface area contributed by atoms with E-state index in [2.05, 4.69) is 82.3 Å². The monoisotopic (exact) mass is 658 g/mol. The van der Waals surface area contributed by atoms with Gasteiger partial charge in [-0.1, -0.05) is 92.7 Å². The van der Waals surface area contributed by atoms with Crippen molar-refractivity contribution in [3.05, 3.63) is 108 Å². The van der Waals surface area contributed by atoms with Gasteiger partial charge in [0.2, 0.25) is 5.91 Å². The second-order valence-electron chi connectivity index (χ2n) is 12.8. The maximum absolute atomic E-state index is 13.4. The molecule has 0 spiro atoms. The average Bonchev–Trinajstić information content (AvgIpc) is 3.94. The molecular weight excluding hydrogens is 612 g/mol. The van der Waals surface area contributed by atoms with Gasteiger partial charge in [-0.3, -0.25) is 9.59 Å². The number of carbonyl (C=O) groups is 2. The molecule has 254 valence electrons. The van der Waals surface area contributed by atoms with Gasteiger partial charge in [-0.25, -0.2) is 9.97 Å². The topological polar surface area (TPSA) is 107 Å². The van der Waals surface area contributed by atoms with E-state index in [1.807, 2.05) is 59.4 Å². The van der Waals surface area contributed by atoms with E-state index >= 15 is 0 Å². The zero-order valence-corrected chi connectivity index (χ0v) is 28.7. The molecule has 0 aliphatic carbocycles. The summed E-state index contributed by atoms with van der Waals surface area (Å²) in [7, 11) is 0. The quantitative estimate of drug-likeness (QED) is 0.128. The van der Waals surface area contributed by atoms with Crippen LogP contribution in [0.4, 0.5) is 0 Å². The summed E-state index contributed by atoms with van der Waals surface area (Å²) in [5.74, 6) is 1.49. The van der Waals surface area contributed by atoms with Gasteiger partial charge in [0.05, 0.1) is 42.8 Å². The third-order valence-corrected chi connectivity index (χ3v) is 9.15. The number of rotatable bonds is 14. The first kappa shape index (κ1) is 33.9. The molecule has 5 aromatic rings. The van der Waals surface area contributed by atoms with Gasteiger partial charge < -0.3 is 24.5 Å². The van der Waals surface area contributed by atoms with Crippen LogP contribution >= 0.6 is 0 Å². The average molecular weight is 659 g/mol. The van der Waals surface area contributed by atoms with Crippen LogP contribution in [0.2, 0.25) is 0 Å². The second kappa shape index (κ2) is 15.9. The number of amides is 2. The lowest BCUT2D eigenvalue weighted by atomic mass is 9.99. The Kier molecular flexibility index (Phi) is 11.0. The summed E-state index contributed by atoms with van der Waals surface area (Å²) in [6.45, 7) is 9.03. The number of aromatic amines is 2. The number of hydrogen-bond acceptors (Lipinski definition) is 5. The number of ether oxygens (including phenoxy) is 1. The molecule has 3 heterocycles. The van der Waals surface area contributed by atoms with E-state index in [1.54, 1.807) is 0 Å². The molecule has 3 aromatic carbocycles. The molecule has 1 fully saturated rings. The smallest absolute Gasteiger partial charge is 0.252 e. The Hall–Kier alpha value is -5.02. The summed E-state index contributed by atoms with van der Waals surface area (Å²) in [5.41, 5.74) is 7.14. The van der Waals surface area contributed by atoms with Crippen molar-refractivity contribution in [3.63, 3.8) is 0 Å². The Labute approximate surface area is 288 Å². The first-order chi connectivity index (χ1) is 23.9. The zero-order valence-electron chi connectivity index (χ0n) is 28.7. The molecule has 49 heavy (non-hydrogen) atoms. The summed E-state index contributed by atoms with van der Waals surface area (Å²) < 4.78 is 5.64. The van der Waals surface area contributed by atoms with E-state index in [0.717, 1.165) is 76.5 Å². The highest BCUT2D eigenvalue weighted by Gasteiger charge is 2.28. The van der Waals surface area contributed by atoms with E-state index in [-0.39, 0.29) is 23.8 Å². The Bertz CT molecular complexity index is 1810. The minimum atomic E-state index is -0.327. The molecule has 0 radical (unpaired) electrons. The number of nitrogens with zero attached hydrogens (tertiary/aromatic N) is 4. The molecule has 1 saturated heterocycles. The fourth-order valence-corrected chi connectivity index (χ4v) is 6.43. The first-order valence-electron chi connectivity index (χ1n) is 17.5. The predicted octanol–water partition coefficient (Wildman–Crippen LogP) is 7.59. The number of imidazole rings is 2. The van der Waals surface area contributed by atoms with Crippen molar-refractivity contribution in [2.24, 2.45) is 0 Å². The Balaban J connectivity index is 1.08. The van der Waals surface area contributed by atoms with Gasteiger partial charge in [0.1, 0.15) is 17.8 Å². The van der Waals surface area contributed by atoms with Crippen molar-refractivity contribution >= 4 is 11.8 Å². The van der Waals surface area contributed by atoms with Crippen molar-refractivity contribution in [1.82, 2.24) is 29.7 Å². The lowest BCUT2D eigenvalue weighted by Gasteiger charge is -2.25. The van der Waals surface area contributed by atoms with Gasteiger partial charge in [0, 0.05) is 19.7 Å². The number of benzene rings is 3. The highest BCUT2D eigenvalue weighted by Crippen LogP contribution is 2.27. The van der Waals surface area contributed by atoms with Crippen LogP contribution in [0.1, 0.15) is 69.6 Å². The van der Waals surface area contributed by atoms with Crippen LogP contribution in [0.15, 0.2) is 91.3 Å². The molecule has 6 rings (SSSR count). The van der Waals surface area contributed by atoms with E-state index < -0.39 is 0 Å². The molecule has 2 N–H and O–H groups in total. The fourth-order valence-electron chi connectivity index (χ4n) is 6.43. The molecule has 0 saturated carbocycles. The van der Waals surface area contributed by atoms with E-state index in [4.69, 9.17) is 4.74 Å². The van der Waals surface area contributed by atoms with Crippen molar-refractivity contribution in [3.8, 4) is 33.6 Å². The third kappa shape index (κ3) is 8.17. The number of hydrogen-bond donors (Lipinski definition) is 2. The summed E-state index contributed by atoms with van der Waals surface area (Å²) in [4.78, 5) is 46.1. The molecule has 2 amide bonds. The van der Waals surface area contributed by atoms with Gasteiger partial charge in [0.25, 0.3) is 5.91 Å². The number of H-pyrrole nitrogens is 2. The minimum Gasteiger partial charge on any atom is -0.368 e. The maximum atomic E-state index is 13.4. The zero-order chi connectivity index (χ0) is 34.2. The van der Waals surface area contributed by atoms with Crippen LogP contribution in [0, 0.1) is 0 Å². The van der Waals surface area contributed by atoms with Crippen LogP contribution in [0.3, 0.4) is 0 Å². The standard InChI is InChI=1S/C40H46N6O3/c1-4-21-45(39(47)28(3)29-10-7-6-8-11-29)26-37-41-24-34(43-37)32-17-13-30(14-18-32)31-15-19-33(20-16-31)35-25-42-38(44-35)27-46(22-5-2)40(48)36-12-9-23-49-36/h6-8,10-11,13-20,24-25,28,36H,4-5,9,12,21-23,26-27H2,1-3H3,(H,41,43)(H,42,44)/t28-,36-/m1/s1. The van der Waals surface area contributed by atoms with Crippen molar-refractivity contribution in [2.45, 2.75) is 71.6 Å². The van der Waals surface area contributed by atoms with Crippen LogP contribution in [0.25, 0.3) is 33.6 Å². The molecule has 0 bridgehead atoms. The summed E-state index contributed by atoms with van der Waals surface area (Å²) in [6, 6.07) is 26.7. The Morgan fingerprint density at radius 3 is 1.78 bits per heavy atom. The fraction of sp³-hybridized carbons (Fsp3) is 0.350. The molecule has 9 nitrogen and oxygen atoms in total. The first-order valence-corrected chi connectivity index (χ1v) is 17.5. The van der Waals surface area contributed by atoms with Crippen molar-refractivity contribution in [1.29, 1.82) is 0 Å². The van der Waals surface area contributed by atoms with Crippen molar-refractivity contribution in [2.75, 3.05) is 19.7 Å². The number of aromatic nitrogens is 4. The molecule has 1 aliphatic rings. The number of carbonyl (C=O) groups excluding carboxylic acids is 2. The summed E-state index contributed by atoms with van der Waals surface area (Å²) >= 11 is 0. The highest BCUT2D eigenvalue weighted by atomic mass is 16.5. The van der Waals surface area contributed by atoms with Gasteiger partial charge in [-0.05, 0) is 60.4 Å². The van der Waals surface area contributed by atoms with E-state index in [1.165, 1.54) is 0 Å². The molecule has 1 aliphatic heterocycles. The normalized spacial score (nSPS) is 14.9. The van der Waals surface area contributed by atoms with Crippen molar-refractivity contribution < 1.29 is 14.3 Å². The van der Waals surface area contributed by atoms with E-state index in [9.17, 15) is 9.59 Å². The Morgan fingerprint density at radius 1 is 0.755 bits per heavy atom. The lowest BCUT2D eigenvalue weighted by Crippen LogP contribution is -2.39. The SMILES string of the molecule is CCCN(Cc1ncc(-c2ccc(-c3ccc(-c4cnc(CN(CCC)C(=O)[C@H](C)c5ccccc5)[nH]4)cc3)cc2)[nH]1)C(=O)[C@H]1CCCO1. The van der Waals surface area contributed by atoms with Crippen LogP contribution < -0.4 is 0 Å².